The molecule has 1 saturated heterocycles. The number of rotatable bonds is 2. The number of nitrogens with one attached hydrogen (secondary N) is 1. The van der Waals surface area contributed by atoms with Gasteiger partial charge in [-0.25, -0.2) is 0 Å². The molecule has 0 bridgehead atoms. The predicted octanol–water partition coefficient (Wildman–Crippen LogP) is 1.64. The number of benzene rings is 1. The number of hydrogen-bond donors (Lipinski definition) is 2. The van der Waals surface area contributed by atoms with Crippen molar-refractivity contribution in [1.82, 2.24) is 5.32 Å². The molecule has 1 unspecified atom stereocenters. The molecule has 20 heavy (non-hydrogen) atoms. The minimum Gasteiger partial charge on any atom is -0.496 e. The van der Waals surface area contributed by atoms with Gasteiger partial charge in [0.15, 0.2) is 0 Å². The van der Waals surface area contributed by atoms with Gasteiger partial charge in [-0.2, -0.15) is 0 Å². The molecule has 3 rings (SSSR count). The van der Waals surface area contributed by atoms with Gasteiger partial charge in [-0.3, -0.25) is 0 Å². The second kappa shape index (κ2) is 5.14. The van der Waals surface area contributed by atoms with Gasteiger partial charge in [0, 0.05) is 18.6 Å². The Kier molecular flexibility index (Phi) is 3.48. The third-order valence-corrected chi connectivity index (χ3v) is 4.27. The predicted molar refractivity (Wildman–Crippen MR) is 74.6 cm³/mol. The van der Waals surface area contributed by atoms with E-state index in [1.807, 2.05) is 6.07 Å². The molecule has 0 amide bonds. The van der Waals surface area contributed by atoms with E-state index in [9.17, 15) is 5.11 Å². The van der Waals surface area contributed by atoms with Crippen LogP contribution >= 0.6 is 0 Å². The molecular formula is C15H21NO4. The Morgan fingerprint density at radius 3 is 2.65 bits per heavy atom. The van der Waals surface area contributed by atoms with Crippen molar-refractivity contribution in [3.05, 3.63) is 17.7 Å². The number of hydrogen-bond acceptors (Lipinski definition) is 5. The monoisotopic (exact) mass is 279 g/mol. The zero-order valence-corrected chi connectivity index (χ0v) is 11.9. The van der Waals surface area contributed by atoms with Gasteiger partial charge < -0.3 is 24.6 Å². The number of ether oxygens (including phenoxy) is 3. The fourth-order valence-corrected chi connectivity index (χ4v) is 3.19. The summed E-state index contributed by atoms with van der Waals surface area (Å²) < 4.78 is 16.9. The molecule has 5 heteroatoms. The first kappa shape index (κ1) is 13.5. The van der Waals surface area contributed by atoms with E-state index < -0.39 is 6.10 Å². The number of aliphatic hydroxyl groups excluding tert-OH is 1. The van der Waals surface area contributed by atoms with E-state index in [1.54, 1.807) is 20.3 Å². The van der Waals surface area contributed by atoms with Crippen molar-refractivity contribution in [2.75, 3.05) is 27.3 Å². The molecule has 5 nitrogen and oxygen atoms in total. The first-order valence-electron chi connectivity index (χ1n) is 7.01. The van der Waals surface area contributed by atoms with Gasteiger partial charge in [0.25, 0.3) is 0 Å². The number of fused-ring (bicyclic) bond motifs is 1. The van der Waals surface area contributed by atoms with E-state index in [2.05, 4.69) is 5.32 Å². The van der Waals surface area contributed by atoms with Gasteiger partial charge in [-0.15, -0.1) is 0 Å². The molecule has 110 valence electrons. The van der Waals surface area contributed by atoms with Gasteiger partial charge in [0.05, 0.1) is 25.9 Å². The largest absolute Gasteiger partial charge is 0.496 e. The summed E-state index contributed by atoms with van der Waals surface area (Å²) in [5.41, 5.74) is 0.465. The molecule has 1 atom stereocenters. The van der Waals surface area contributed by atoms with Gasteiger partial charge in [0.1, 0.15) is 22.8 Å². The Morgan fingerprint density at radius 2 is 2.00 bits per heavy atom. The number of methoxy groups -OCH3 is 2. The first-order valence-corrected chi connectivity index (χ1v) is 7.01. The Morgan fingerprint density at radius 1 is 1.25 bits per heavy atom. The Hall–Kier alpha value is -1.46. The van der Waals surface area contributed by atoms with E-state index in [4.69, 9.17) is 14.2 Å². The lowest BCUT2D eigenvalue weighted by Gasteiger charge is -2.43. The number of piperidine rings is 1. The fourth-order valence-electron chi connectivity index (χ4n) is 3.19. The Balaban J connectivity index is 2.01. The van der Waals surface area contributed by atoms with Crippen molar-refractivity contribution in [1.29, 1.82) is 0 Å². The van der Waals surface area contributed by atoms with Crippen LogP contribution in [-0.4, -0.2) is 38.0 Å². The van der Waals surface area contributed by atoms with Gasteiger partial charge in [-0.1, -0.05) is 0 Å². The highest BCUT2D eigenvalue weighted by molar-refractivity contribution is 5.53. The quantitative estimate of drug-likeness (QED) is 0.862. The van der Waals surface area contributed by atoms with E-state index in [-0.39, 0.29) is 5.60 Å². The Bertz CT molecular complexity index is 497. The van der Waals surface area contributed by atoms with Crippen LogP contribution in [0, 0.1) is 0 Å². The molecule has 0 saturated carbocycles. The lowest BCUT2D eigenvalue weighted by molar-refractivity contribution is -0.0348. The average Bonchev–Trinajstić information content (AvgIpc) is 2.46. The molecular weight excluding hydrogens is 258 g/mol. The maximum Gasteiger partial charge on any atom is 0.133 e. The maximum atomic E-state index is 10.5. The highest BCUT2D eigenvalue weighted by Gasteiger charge is 2.42. The van der Waals surface area contributed by atoms with Crippen LogP contribution in [0.25, 0.3) is 0 Å². The van der Waals surface area contributed by atoms with Crippen molar-refractivity contribution in [3.63, 3.8) is 0 Å². The summed E-state index contributed by atoms with van der Waals surface area (Å²) in [5, 5.41) is 13.9. The summed E-state index contributed by atoms with van der Waals surface area (Å²) in [5.74, 6) is 1.98. The minimum absolute atomic E-state index is 0.269. The van der Waals surface area contributed by atoms with Crippen LogP contribution in [-0.2, 0) is 0 Å². The van der Waals surface area contributed by atoms with E-state index in [0.29, 0.717) is 23.7 Å². The minimum atomic E-state index is -0.558. The molecule has 2 aliphatic rings. The smallest absolute Gasteiger partial charge is 0.133 e. The summed E-state index contributed by atoms with van der Waals surface area (Å²) >= 11 is 0. The van der Waals surface area contributed by atoms with Crippen LogP contribution in [0.2, 0.25) is 0 Å². The lowest BCUT2D eigenvalue weighted by Crippen LogP contribution is -2.49. The zero-order valence-electron chi connectivity index (χ0n) is 11.9. The van der Waals surface area contributed by atoms with Crippen molar-refractivity contribution in [2.45, 2.75) is 31.0 Å². The molecule has 2 aliphatic heterocycles. The van der Waals surface area contributed by atoms with Gasteiger partial charge in [-0.05, 0) is 25.9 Å². The molecule has 1 aromatic rings. The average molecular weight is 279 g/mol. The second-order valence-electron chi connectivity index (χ2n) is 5.50. The number of aliphatic hydroxyl groups is 1. The summed E-state index contributed by atoms with van der Waals surface area (Å²) in [7, 11) is 3.21. The van der Waals surface area contributed by atoms with Crippen LogP contribution in [0.5, 0.6) is 17.2 Å². The molecule has 1 aromatic carbocycles. The van der Waals surface area contributed by atoms with E-state index in [1.165, 1.54) is 0 Å². The molecule has 1 spiro atoms. The maximum absolute atomic E-state index is 10.5. The van der Waals surface area contributed by atoms with Crippen LogP contribution in [0.1, 0.15) is 30.9 Å². The third-order valence-electron chi connectivity index (χ3n) is 4.27. The molecule has 1 fully saturated rings. The topological polar surface area (TPSA) is 60.0 Å². The summed E-state index contributed by atoms with van der Waals surface area (Å²) in [6.07, 6.45) is 1.87. The van der Waals surface area contributed by atoms with Crippen LogP contribution in [0.3, 0.4) is 0 Å². The van der Waals surface area contributed by atoms with E-state index in [0.717, 1.165) is 31.5 Å². The summed E-state index contributed by atoms with van der Waals surface area (Å²) in [6, 6.07) is 3.62. The van der Waals surface area contributed by atoms with Gasteiger partial charge >= 0.3 is 0 Å². The fraction of sp³-hybridized carbons (Fsp3) is 0.600. The van der Waals surface area contributed by atoms with Crippen molar-refractivity contribution >= 4 is 0 Å². The lowest BCUT2D eigenvalue weighted by atomic mass is 9.82. The van der Waals surface area contributed by atoms with Crippen LogP contribution < -0.4 is 19.5 Å². The van der Waals surface area contributed by atoms with Crippen molar-refractivity contribution < 1.29 is 19.3 Å². The Labute approximate surface area is 118 Å². The van der Waals surface area contributed by atoms with Crippen LogP contribution in [0.4, 0.5) is 0 Å². The van der Waals surface area contributed by atoms with Crippen molar-refractivity contribution in [2.24, 2.45) is 0 Å². The highest BCUT2D eigenvalue weighted by atomic mass is 16.5. The molecule has 0 radical (unpaired) electrons. The zero-order chi connectivity index (χ0) is 14.2. The molecule has 2 N–H and O–H groups in total. The second-order valence-corrected chi connectivity index (χ2v) is 5.50. The van der Waals surface area contributed by atoms with Gasteiger partial charge in [0.2, 0.25) is 0 Å². The molecule has 0 aliphatic carbocycles. The summed E-state index contributed by atoms with van der Waals surface area (Å²) in [4.78, 5) is 0. The normalized spacial score (nSPS) is 23.9. The summed E-state index contributed by atoms with van der Waals surface area (Å²) in [6.45, 7) is 1.84. The van der Waals surface area contributed by atoms with Crippen molar-refractivity contribution in [3.8, 4) is 17.2 Å². The first-order chi connectivity index (χ1) is 9.67. The van der Waals surface area contributed by atoms with E-state index >= 15 is 0 Å². The SMILES string of the molecule is COc1cc(OC)c2c(c1)OC1(CCNCC1)CC2O. The molecule has 0 aromatic heterocycles. The van der Waals surface area contributed by atoms with Crippen LogP contribution in [0.15, 0.2) is 12.1 Å². The standard InChI is InChI=1S/C15H21NO4/c1-18-10-7-12(19-2)14-11(17)9-15(20-13(14)8-10)3-5-16-6-4-15/h7-8,11,16-17H,3-6,9H2,1-2H3. The highest BCUT2D eigenvalue weighted by Crippen LogP contribution is 2.48. The third kappa shape index (κ3) is 2.21. The molecule has 2 heterocycles.